The molecule has 0 amide bonds. The van der Waals surface area contributed by atoms with Crippen LogP contribution < -0.4 is 10.9 Å². The van der Waals surface area contributed by atoms with Crippen molar-refractivity contribution in [2.45, 2.75) is 19.5 Å². The van der Waals surface area contributed by atoms with Gasteiger partial charge < -0.3 is 10.1 Å². The van der Waals surface area contributed by atoms with E-state index in [1.165, 1.54) is 13.3 Å². The molecule has 1 aromatic rings. The minimum Gasteiger partial charge on any atom is -0.468 e. The Bertz CT molecular complexity index is 506. The summed E-state index contributed by atoms with van der Waals surface area (Å²) in [4.78, 5) is 23.0. The number of methoxy groups -OCH3 is 1. The minimum absolute atomic E-state index is 0.0202. The molecule has 1 heterocycles. The summed E-state index contributed by atoms with van der Waals surface area (Å²) in [6.45, 7) is 1.72. The highest BCUT2D eigenvalue weighted by Crippen LogP contribution is 2.17. The zero-order valence-electron chi connectivity index (χ0n) is 11.0. The number of anilines is 1. The second kappa shape index (κ2) is 7.40. The molecule has 0 fully saturated rings. The van der Waals surface area contributed by atoms with Gasteiger partial charge in [0.1, 0.15) is 11.6 Å². The highest BCUT2D eigenvalue weighted by Gasteiger charge is 2.13. The zero-order valence-corrected chi connectivity index (χ0v) is 12.5. The number of hydrogen-bond acceptors (Lipinski definition) is 6. The molecule has 19 heavy (non-hydrogen) atoms. The second-order valence-electron chi connectivity index (χ2n) is 3.91. The molecule has 0 aliphatic heterocycles. The predicted octanol–water partition coefficient (Wildman–Crippen LogP) is 1.23. The number of esters is 1. The maximum absolute atomic E-state index is 11.9. The first-order valence-electron chi connectivity index (χ1n) is 5.57. The van der Waals surface area contributed by atoms with Crippen LogP contribution in [-0.2, 0) is 16.1 Å². The molecule has 106 valence electrons. The van der Waals surface area contributed by atoms with E-state index in [0.29, 0.717) is 5.69 Å². The van der Waals surface area contributed by atoms with Gasteiger partial charge in [-0.2, -0.15) is 16.9 Å². The predicted molar refractivity (Wildman–Crippen MR) is 77.0 cm³/mol. The standard InChI is InChI=1S/C11H16ClN3O3S/c1-7(6-19-3)14-8-4-13-15(5-9(16)18-2)11(17)10(8)12/h4,7,14H,5-6H2,1-3H3. The van der Waals surface area contributed by atoms with Gasteiger partial charge in [0.2, 0.25) is 0 Å². The van der Waals surface area contributed by atoms with Crippen molar-refractivity contribution in [3.05, 3.63) is 21.6 Å². The Morgan fingerprint density at radius 2 is 2.37 bits per heavy atom. The third-order valence-electron chi connectivity index (χ3n) is 2.31. The number of carbonyl (C=O) groups is 1. The van der Waals surface area contributed by atoms with Crippen molar-refractivity contribution in [3.8, 4) is 0 Å². The average molecular weight is 306 g/mol. The van der Waals surface area contributed by atoms with Crippen molar-refractivity contribution in [2.24, 2.45) is 0 Å². The van der Waals surface area contributed by atoms with Gasteiger partial charge in [-0.25, -0.2) is 4.68 Å². The van der Waals surface area contributed by atoms with Gasteiger partial charge in [0, 0.05) is 11.8 Å². The maximum Gasteiger partial charge on any atom is 0.327 e. The Balaban J connectivity index is 2.91. The van der Waals surface area contributed by atoms with Crippen molar-refractivity contribution in [1.82, 2.24) is 9.78 Å². The number of rotatable bonds is 6. The number of hydrogen-bond donors (Lipinski definition) is 1. The highest BCUT2D eigenvalue weighted by atomic mass is 35.5. The number of nitrogens with one attached hydrogen (secondary N) is 1. The fraction of sp³-hybridized carbons (Fsp3) is 0.545. The van der Waals surface area contributed by atoms with E-state index in [1.807, 2.05) is 13.2 Å². The largest absolute Gasteiger partial charge is 0.468 e. The van der Waals surface area contributed by atoms with Gasteiger partial charge in [0.25, 0.3) is 5.56 Å². The van der Waals surface area contributed by atoms with Crippen LogP contribution >= 0.6 is 23.4 Å². The molecule has 1 unspecified atom stereocenters. The summed E-state index contributed by atoms with van der Waals surface area (Å²) in [5.41, 5.74) is -0.0530. The lowest BCUT2D eigenvalue weighted by Crippen LogP contribution is -2.29. The monoisotopic (exact) mass is 305 g/mol. The fourth-order valence-electron chi connectivity index (χ4n) is 1.42. The van der Waals surface area contributed by atoms with Crippen LogP contribution in [-0.4, -0.2) is 40.9 Å². The number of carbonyl (C=O) groups excluding carboxylic acids is 1. The normalized spacial score (nSPS) is 12.0. The summed E-state index contributed by atoms with van der Waals surface area (Å²) in [6.07, 6.45) is 3.43. The summed E-state index contributed by atoms with van der Waals surface area (Å²) >= 11 is 7.66. The first-order valence-corrected chi connectivity index (χ1v) is 7.34. The lowest BCUT2D eigenvalue weighted by molar-refractivity contribution is -0.141. The van der Waals surface area contributed by atoms with Crippen molar-refractivity contribution in [2.75, 3.05) is 24.4 Å². The first kappa shape index (κ1) is 15.8. The number of nitrogens with zero attached hydrogens (tertiary/aromatic N) is 2. The highest BCUT2D eigenvalue weighted by molar-refractivity contribution is 7.98. The molecule has 0 saturated carbocycles. The molecule has 0 radical (unpaired) electrons. The number of thioether (sulfide) groups is 1. The molecule has 0 aliphatic carbocycles. The van der Waals surface area contributed by atoms with Crippen LogP contribution in [0.5, 0.6) is 0 Å². The van der Waals surface area contributed by atoms with Gasteiger partial charge >= 0.3 is 5.97 Å². The Morgan fingerprint density at radius 1 is 1.68 bits per heavy atom. The van der Waals surface area contributed by atoms with Crippen molar-refractivity contribution < 1.29 is 9.53 Å². The summed E-state index contributed by atoms with van der Waals surface area (Å²) in [7, 11) is 1.25. The molecule has 8 heteroatoms. The van der Waals surface area contributed by atoms with Gasteiger partial charge in [-0.3, -0.25) is 9.59 Å². The molecule has 0 aromatic carbocycles. The Labute approximate surface area is 120 Å². The molecular formula is C11H16ClN3O3S. The summed E-state index contributed by atoms with van der Waals surface area (Å²) in [5, 5.41) is 7.01. The fourth-order valence-corrected chi connectivity index (χ4v) is 2.21. The SMILES string of the molecule is COC(=O)Cn1ncc(NC(C)CSC)c(Cl)c1=O. The van der Waals surface area contributed by atoms with Crippen LogP contribution in [0.15, 0.2) is 11.0 Å². The lowest BCUT2D eigenvalue weighted by atomic mass is 10.3. The Kier molecular flexibility index (Phi) is 6.17. The molecule has 0 aliphatic rings. The van der Waals surface area contributed by atoms with E-state index in [9.17, 15) is 9.59 Å². The van der Waals surface area contributed by atoms with Gasteiger partial charge in [0.05, 0.1) is 19.0 Å². The van der Waals surface area contributed by atoms with Gasteiger partial charge in [-0.1, -0.05) is 11.6 Å². The van der Waals surface area contributed by atoms with Crippen molar-refractivity contribution in [1.29, 1.82) is 0 Å². The van der Waals surface area contributed by atoms with E-state index >= 15 is 0 Å². The van der Waals surface area contributed by atoms with Gasteiger partial charge in [-0.05, 0) is 13.2 Å². The maximum atomic E-state index is 11.9. The van der Waals surface area contributed by atoms with E-state index in [-0.39, 0.29) is 17.6 Å². The molecule has 6 nitrogen and oxygen atoms in total. The molecule has 0 spiro atoms. The number of halogens is 1. The third kappa shape index (κ3) is 4.43. The second-order valence-corrected chi connectivity index (χ2v) is 5.20. The number of aromatic nitrogens is 2. The van der Waals surface area contributed by atoms with Gasteiger partial charge in [-0.15, -0.1) is 0 Å². The smallest absolute Gasteiger partial charge is 0.327 e. The van der Waals surface area contributed by atoms with Crippen LogP contribution in [0.4, 0.5) is 5.69 Å². The molecule has 1 atom stereocenters. The molecular weight excluding hydrogens is 290 g/mol. The molecule has 1 N–H and O–H groups in total. The lowest BCUT2D eigenvalue weighted by Gasteiger charge is -2.15. The Hall–Kier alpha value is -1.21. The van der Waals surface area contributed by atoms with Gasteiger partial charge in [0.15, 0.2) is 0 Å². The Morgan fingerprint density at radius 3 is 2.95 bits per heavy atom. The van der Waals surface area contributed by atoms with Crippen molar-refractivity contribution >= 4 is 35.0 Å². The quantitative estimate of drug-likeness (QED) is 0.797. The van der Waals surface area contributed by atoms with Crippen LogP contribution in [0.25, 0.3) is 0 Å². The molecule has 1 rings (SSSR count). The molecule has 0 bridgehead atoms. The minimum atomic E-state index is -0.554. The summed E-state index contributed by atoms with van der Waals surface area (Å²) in [6, 6.07) is 0.158. The molecule has 1 aromatic heterocycles. The van der Waals surface area contributed by atoms with Crippen LogP contribution in [0.2, 0.25) is 5.02 Å². The number of ether oxygens (including phenoxy) is 1. The van der Waals surface area contributed by atoms with E-state index < -0.39 is 11.5 Å². The topological polar surface area (TPSA) is 73.2 Å². The van der Waals surface area contributed by atoms with Crippen LogP contribution in [0.1, 0.15) is 6.92 Å². The average Bonchev–Trinajstić information content (AvgIpc) is 2.38. The third-order valence-corrected chi connectivity index (χ3v) is 3.51. The summed E-state index contributed by atoms with van der Waals surface area (Å²) in [5.74, 6) is 0.323. The van der Waals surface area contributed by atoms with Crippen LogP contribution in [0.3, 0.4) is 0 Å². The van der Waals surface area contributed by atoms with E-state index in [2.05, 4.69) is 15.2 Å². The van der Waals surface area contributed by atoms with E-state index in [1.54, 1.807) is 11.8 Å². The van der Waals surface area contributed by atoms with Crippen LogP contribution in [0, 0.1) is 0 Å². The first-order chi connectivity index (χ1) is 8.99. The van der Waals surface area contributed by atoms with E-state index in [0.717, 1.165) is 10.4 Å². The zero-order chi connectivity index (χ0) is 14.4. The van der Waals surface area contributed by atoms with E-state index in [4.69, 9.17) is 11.6 Å². The van der Waals surface area contributed by atoms with Crippen molar-refractivity contribution in [3.63, 3.8) is 0 Å². The molecule has 0 saturated heterocycles. The summed E-state index contributed by atoms with van der Waals surface area (Å²) < 4.78 is 5.45.